The Hall–Kier alpha value is -3.30. The fourth-order valence-corrected chi connectivity index (χ4v) is 3.22. The van der Waals surface area contributed by atoms with E-state index in [4.69, 9.17) is 9.84 Å². The minimum atomic E-state index is -1.48. The van der Waals surface area contributed by atoms with E-state index in [2.05, 4.69) is 41.4 Å². The number of rotatable bonds is 5. The second-order valence-electron chi connectivity index (χ2n) is 7.79. The van der Waals surface area contributed by atoms with Crippen LogP contribution in [0.4, 0.5) is 4.79 Å². The van der Waals surface area contributed by atoms with Gasteiger partial charge in [0.05, 0.1) is 12.2 Å². The van der Waals surface area contributed by atoms with E-state index >= 15 is 0 Å². The third-order valence-electron chi connectivity index (χ3n) is 4.07. The molecule has 1 amide bonds. The van der Waals surface area contributed by atoms with Crippen molar-refractivity contribution in [2.24, 2.45) is 0 Å². The first-order valence-electron chi connectivity index (χ1n) is 9.40. The Bertz CT molecular complexity index is 1080. The van der Waals surface area contributed by atoms with Crippen molar-refractivity contribution in [1.29, 1.82) is 0 Å². The van der Waals surface area contributed by atoms with Crippen molar-refractivity contribution in [3.63, 3.8) is 0 Å². The molecule has 1 aromatic heterocycles. The Morgan fingerprint density at radius 3 is 2.59 bits per heavy atom. The summed E-state index contributed by atoms with van der Waals surface area (Å²) in [4.78, 5) is 15.4. The van der Waals surface area contributed by atoms with E-state index in [1.54, 1.807) is 0 Å². The lowest BCUT2D eigenvalue weighted by molar-refractivity contribution is 0.193. The van der Waals surface area contributed by atoms with Crippen LogP contribution in [0, 0.1) is 11.5 Å². The Morgan fingerprint density at radius 2 is 1.90 bits per heavy atom. The van der Waals surface area contributed by atoms with Gasteiger partial charge in [-0.2, -0.15) is 0 Å². The summed E-state index contributed by atoms with van der Waals surface area (Å²) in [6, 6.07) is 17.7. The van der Waals surface area contributed by atoms with E-state index in [0.29, 0.717) is 18.2 Å². The molecule has 0 atom stereocenters. The van der Waals surface area contributed by atoms with Crippen LogP contribution >= 0.6 is 0 Å². The van der Waals surface area contributed by atoms with Crippen LogP contribution in [0.15, 0.2) is 54.6 Å². The van der Waals surface area contributed by atoms with Crippen LogP contribution in [0.1, 0.15) is 16.8 Å². The molecule has 2 N–H and O–H groups in total. The summed E-state index contributed by atoms with van der Waals surface area (Å²) >= 11 is 0. The lowest BCUT2D eigenvalue weighted by Crippen LogP contribution is -2.20. The van der Waals surface area contributed by atoms with Gasteiger partial charge in [0.15, 0.2) is 0 Å². The highest BCUT2D eigenvalue weighted by Gasteiger charge is 2.11. The highest BCUT2D eigenvalue weighted by molar-refractivity contribution is 6.83. The number of nitrogens with zero attached hydrogens (tertiary/aromatic N) is 1. The molecule has 0 saturated carbocycles. The van der Waals surface area contributed by atoms with Crippen molar-refractivity contribution < 1.29 is 14.6 Å². The molecule has 0 radical (unpaired) electrons. The topological polar surface area (TPSA) is 71.5 Å². The number of fused-ring (bicyclic) bond motifs is 1. The number of amides is 1. The Labute approximate surface area is 171 Å². The van der Waals surface area contributed by atoms with E-state index in [1.807, 2.05) is 54.6 Å². The zero-order valence-electron chi connectivity index (χ0n) is 16.8. The summed E-state index contributed by atoms with van der Waals surface area (Å²) in [5, 5.41) is 13.0. The number of aromatic nitrogens is 1. The summed E-state index contributed by atoms with van der Waals surface area (Å²) in [5.74, 6) is 3.75. The van der Waals surface area contributed by atoms with Crippen molar-refractivity contribution in [3.05, 3.63) is 71.4 Å². The van der Waals surface area contributed by atoms with Gasteiger partial charge in [0.25, 0.3) is 0 Å². The Morgan fingerprint density at radius 1 is 1.14 bits per heavy atom. The molecule has 29 heavy (non-hydrogen) atoms. The van der Waals surface area contributed by atoms with Crippen LogP contribution in [-0.2, 0) is 13.2 Å². The van der Waals surface area contributed by atoms with Crippen molar-refractivity contribution in [2.45, 2.75) is 32.8 Å². The van der Waals surface area contributed by atoms with Gasteiger partial charge in [0.2, 0.25) is 5.88 Å². The van der Waals surface area contributed by atoms with Crippen molar-refractivity contribution in [3.8, 4) is 17.3 Å². The normalized spacial score (nSPS) is 10.9. The van der Waals surface area contributed by atoms with E-state index in [9.17, 15) is 4.79 Å². The van der Waals surface area contributed by atoms with E-state index in [0.717, 1.165) is 21.9 Å². The molecule has 6 heteroatoms. The van der Waals surface area contributed by atoms with Crippen LogP contribution in [0.25, 0.3) is 10.8 Å². The van der Waals surface area contributed by atoms with Crippen molar-refractivity contribution in [2.75, 3.05) is 0 Å². The van der Waals surface area contributed by atoms with Gasteiger partial charge in [-0.1, -0.05) is 62.0 Å². The number of hydrogen-bond acceptors (Lipinski definition) is 3. The zero-order valence-corrected chi connectivity index (χ0v) is 17.8. The Balaban J connectivity index is 1.98. The summed E-state index contributed by atoms with van der Waals surface area (Å²) in [5.41, 5.74) is 5.93. The molecule has 0 aliphatic rings. The van der Waals surface area contributed by atoms with Gasteiger partial charge in [-0.05, 0) is 29.1 Å². The molecular weight excluding hydrogens is 380 g/mol. The first kappa shape index (κ1) is 20.4. The maximum absolute atomic E-state index is 10.8. The number of carboxylic acid groups (broad SMARTS) is 1. The van der Waals surface area contributed by atoms with Crippen LogP contribution < -0.4 is 10.1 Å². The van der Waals surface area contributed by atoms with Gasteiger partial charge in [-0.25, -0.2) is 9.78 Å². The summed E-state index contributed by atoms with van der Waals surface area (Å²) in [7, 11) is -1.48. The number of carbonyl (C=O) groups is 1. The molecule has 3 rings (SSSR count). The number of ether oxygens (including phenoxy) is 1. The van der Waals surface area contributed by atoms with E-state index in [-0.39, 0.29) is 6.54 Å². The maximum atomic E-state index is 10.8. The quantitative estimate of drug-likeness (QED) is 0.473. The largest absolute Gasteiger partial charge is 0.472 e. The van der Waals surface area contributed by atoms with Gasteiger partial charge < -0.3 is 15.2 Å². The average molecular weight is 405 g/mol. The number of pyridine rings is 1. The van der Waals surface area contributed by atoms with E-state index in [1.165, 1.54) is 0 Å². The molecule has 0 bridgehead atoms. The molecule has 2 aromatic carbocycles. The molecule has 1 heterocycles. The minimum absolute atomic E-state index is 0.115. The fourth-order valence-electron chi connectivity index (χ4n) is 2.70. The van der Waals surface area contributed by atoms with Crippen LogP contribution in [0.5, 0.6) is 5.88 Å². The highest BCUT2D eigenvalue weighted by Crippen LogP contribution is 2.27. The maximum Gasteiger partial charge on any atom is 0.404 e. The predicted octanol–water partition coefficient (Wildman–Crippen LogP) is 4.81. The molecule has 0 saturated heterocycles. The van der Waals surface area contributed by atoms with Crippen LogP contribution in [-0.4, -0.2) is 24.3 Å². The molecular formula is C23H24N2O3Si. The second kappa shape index (κ2) is 8.80. The van der Waals surface area contributed by atoms with Gasteiger partial charge in [-0.3, -0.25) is 0 Å². The molecule has 0 aliphatic heterocycles. The molecule has 0 fully saturated rings. The summed E-state index contributed by atoms with van der Waals surface area (Å²) in [6.07, 6.45) is -1.09. The lowest BCUT2D eigenvalue weighted by Gasteiger charge is -2.12. The van der Waals surface area contributed by atoms with Gasteiger partial charge >= 0.3 is 6.09 Å². The highest BCUT2D eigenvalue weighted by atomic mass is 28.3. The molecule has 0 spiro atoms. The number of nitrogens with one attached hydrogen (secondary N) is 1. The lowest BCUT2D eigenvalue weighted by atomic mass is 10.1. The first-order chi connectivity index (χ1) is 13.8. The van der Waals surface area contributed by atoms with E-state index < -0.39 is 14.2 Å². The average Bonchev–Trinajstić information content (AvgIpc) is 2.69. The molecule has 0 unspecified atom stereocenters. The minimum Gasteiger partial charge on any atom is -0.472 e. The number of hydrogen-bond donors (Lipinski definition) is 2. The monoisotopic (exact) mass is 404 g/mol. The van der Waals surface area contributed by atoms with Crippen LogP contribution in [0.3, 0.4) is 0 Å². The van der Waals surface area contributed by atoms with Crippen molar-refractivity contribution in [1.82, 2.24) is 10.3 Å². The molecule has 3 aromatic rings. The summed E-state index contributed by atoms with van der Waals surface area (Å²) < 4.78 is 6.03. The number of benzene rings is 2. The Kier molecular flexibility index (Phi) is 6.20. The third kappa shape index (κ3) is 6.09. The third-order valence-corrected chi connectivity index (χ3v) is 4.95. The predicted molar refractivity (Wildman–Crippen MR) is 118 cm³/mol. The SMILES string of the molecule is C[Si](C)(C)C#Cc1ccc2cc(CNC(=O)O)nc(OCc3ccccc3)c2c1. The molecule has 5 nitrogen and oxygen atoms in total. The van der Waals surface area contributed by atoms with Gasteiger partial charge in [0.1, 0.15) is 14.7 Å². The zero-order chi connectivity index (χ0) is 20.9. The van der Waals surface area contributed by atoms with Crippen molar-refractivity contribution >= 4 is 24.9 Å². The second-order valence-corrected chi connectivity index (χ2v) is 12.5. The summed E-state index contributed by atoms with van der Waals surface area (Å²) in [6.45, 7) is 7.11. The molecule has 148 valence electrons. The first-order valence-corrected chi connectivity index (χ1v) is 12.9. The van der Waals surface area contributed by atoms with Crippen LogP contribution in [0.2, 0.25) is 19.6 Å². The van der Waals surface area contributed by atoms with Gasteiger partial charge in [0, 0.05) is 10.9 Å². The molecule has 0 aliphatic carbocycles. The fraction of sp³-hybridized carbons (Fsp3) is 0.217. The standard InChI is InChI=1S/C23H24N2O3Si/c1-29(2,3)12-11-17-9-10-19-14-20(15-24-23(26)27)25-22(21(19)13-17)28-16-18-7-5-4-6-8-18/h4-10,13-14,24H,15-16H2,1-3H3,(H,26,27). The smallest absolute Gasteiger partial charge is 0.404 e. The van der Waals surface area contributed by atoms with Gasteiger partial charge in [-0.15, -0.1) is 5.54 Å².